The lowest BCUT2D eigenvalue weighted by atomic mass is 10.1. The molecule has 0 aliphatic heterocycles. The summed E-state index contributed by atoms with van der Waals surface area (Å²) in [6.45, 7) is 4.61. The Kier molecular flexibility index (Phi) is 6.07. The molecule has 3 rings (SSSR count). The van der Waals surface area contributed by atoms with Crippen molar-refractivity contribution >= 4 is 17.7 Å². The number of para-hydroxylation sites is 1. The van der Waals surface area contributed by atoms with Crippen LogP contribution in [0.15, 0.2) is 72.1 Å². The zero-order valence-corrected chi connectivity index (χ0v) is 15.7. The Morgan fingerprint density at radius 2 is 1.73 bits per heavy atom. The Morgan fingerprint density at radius 1 is 1.08 bits per heavy atom. The summed E-state index contributed by atoms with van der Waals surface area (Å²) < 4.78 is 1.91. The SMILES string of the molecule is CC(C)C(Sc1nncn1-c1ccccc1)C(=O)NCc1ccccc1. The van der Waals surface area contributed by atoms with Crippen molar-refractivity contribution in [2.24, 2.45) is 5.92 Å². The summed E-state index contributed by atoms with van der Waals surface area (Å²) >= 11 is 1.45. The van der Waals surface area contributed by atoms with Crippen LogP contribution in [-0.4, -0.2) is 25.9 Å². The molecule has 1 heterocycles. The predicted molar refractivity (Wildman–Crippen MR) is 104 cm³/mol. The molecular weight excluding hydrogens is 344 g/mol. The van der Waals surface area contributed by atoms with E-state index in [-0.39, 0.29) is 17.1 Å². The fraction of sp³-hybridized carbons (Fsp3) is 0.250. The van der Waals surface area contributed by atoms with Crippen LogP contribution in [0.4, 0.5) is 0 Å². The molecule has 6 heteroatoms. The quantitative estimate of drug-likeness (QED) is 0.648. The summed E-state index contributed by atoms with van der Waals surface area (Å²) in [6, 6.07) is 19.8. The number of thioether (sulfide) groups is 1. The van der Waals surface area contributed by atoms with Gasteiger partial charge in [0.05, 0.1) is 5.25 Å². The van der Waals surface area contributed by atoms with Crippen molar-refractivity contribution in [3.05, 3.63) is 72.6 Å². The van der Waals surface area contributed by atoms with Crippen LogP contribution < -0.4 is 5.32 Å². The molecule has 3 aromatic rings. The maximum absolute atomic E-state index is 12.7. The van der Waals surface area contributed by atoms with E-state index in [0.29, 0.717) is 11.7 Å². The maximum atomic E-state index is 12.7. The van der Waals surface area contributed by atoms with Crippen LogP contribution in [0.1, 0.15) is 19.4 Å². The van der Waals surface area contributed by atoms with Crippen molar-refractivity contribution in [3.63, 3.8) is 0 Å². The second-order valence-corrected chi connectivity index (χ2v) is 7.41. The minimum atomic E-state index is -0.245. The van der Waals surface area contributed by atoms with Gasteiger partial charge in [0.2, 0.25) is 5.91 Å². The van der Waals surface area contributed by atoms with E-state index in [1.165, 1.54) is 11.8 Å². The monoisotopic (exact) mass is 366 g/mol. The summed E-state index contributed by atoms with van der Waals surface area (Å²) in [4.78, 5) is 12.7. The Morgan fingerprint density at radius 3 is 2.38 bits per heavy atom. The summed E-state index contributed by atoms with van der Waals surface area (Å²) in [5, 5.41) is 11.7. The van der Waals surface area contributed by atoms with E-state index in [1.807, 2.05) is 79.1 Å². The van der Waals surface area contributed by atoms with E-state index in [4.69, 9.17) is 0 Å². The van der Waals surface area contributed by atoms with E-state index in [0.717, 1.165) is 11.3 Å². The van der Waals surface area contributed by atoms with Crippen LogP contribution in [0.5, 0.6) is 0 Å². The Balaban J connectivity index is 1.71. The van der Waals surface area contributed by atoms with E-state index >= 15 is 0 Å². The third kappa shape index (κ3) is 4.52. The number of benzene rings is 2. The van der Waals surface area contributed by atoms with Gasteiger partial charge < -0.3 is 5.32 Å². The lowest BCUT2D eigenvalue weighted by Crippen LogP contribution is -2.35. The molecule has 0 bridgehead atoms. The highest BCUT2D eigenvalue weighted by Gasteiger charge is 2.25. The van der Waals surface area contributed by atoms with E-state index < -0.39 is 0 Å². The number of hydrogen-bond donors (Lipinski definition) is 1. The Hall–Kier alpha value is -2.60. The molecule has 26 heavy (non-hydrogen) atoms. The zero-order valence-electron chi connectivity index (χ0n) is 14.9. The first-order chi connectivity index (χ1) is 12.6. The van der Waals surface area contributed by atoms with E-state index in [2.05, 4.69) is 15.5 Å². The summed E-state index contributed by atoms with van der Waals surface area (Å²) in [5.74, 6) is 0.174. The number of nitrogens with zero attached hydrogens (tertiary/aromatic N) is 3. The van der Waals surface area contributed by atoms with Gasteiger partial charge in [-0.05, 0) is 23.6 Å². The molecule has 2 aromatic carbocycles. The molecule has 0 saturated carbocycles. The van der Waals surface area contributed by atoms with Crippen LogP contribution in [0.3, 0.4) is 0 Å². The lowest BCUT2D eigenvalue weighted by molar-refractivity contribution is -0.121. The van der Waals surface area contributed by atoms with Gasteiger partial charge in [0.25, 0.3) is 0 Å². The minimum Gasteiger partial charge on any atom is -0.351 e. The minimum absolute atomic E-state index is 0.0106. The standard InChI is InChI=1S/C20H22N4OS/c1-15(2)18(19(25)21-13-16-9-5-3-6-10-16)26-20-23-22-14-24(20)17-11-7-4-8-12-17/h3-12,14-15,18H,13H2,1-2H3,(H,21,25). The van der Waals surface area contributed by atoms with Gasteiger partial charge in [-0.15, -0.1) is 10.2 Å². The Bertz CT molecular complexity index is 833. The van der Waals surface area contributed by atoms with Crippen molar-refractivity contribution in [3.8, 4) is 5.69 Å². The fourth-order valence-corrected chi connectivity index (χ4v) is 3.61. The topological polar surface area (TPSA) is 59.8 Å². The van der Waals surface area contributed by atoms with E-state index in [1.54, 1.807) is 6.33 Å². The van der Waals surface area contributed by atoms with Crippen LogP contribution in [0.2, 0.25) is 0 Å². The summed E-state index contributed by atoms with van der Waals surface area (Å²) in [7, 11) is 0. The molecule has 0 spiro atoms. The number of carbonyl (C=O) groups excluding carboxylic acids is 1. The highest BCUT2D eigenvalue weighted by molar-refractivity contribution is 8.00. The van der Waals surface area contributed by atoms with Crippen molar-refractivity contribution in [2.45, 2.75) is 30.8 Å². The third-order valence-electron chi connectivity index (χ3n) is 3.96. The second-order valence-electron chi connectivity index (χ2n) is 6.30. The molecule has 1 aromatic heterocycles. The highest BCUT2D eigenvalue weighted by Crippen LogP contribution is 2.28. The fourth-order valence-electron chi connectivity index (χ4n) is 2.56. The Labute approximate surface area is 157 Å². The molecule has 1 atom stereocenters. The molecule has 1 amide bonds. The lowest BCUT2D eigenvalue weighted by Gasteiger charge is -2.19. The molecular formula is C20H22N4OS. The average molecular weight is 366 g/mol. The third-order valence-corrected chi connectivity index (χ3v) is 5.46. The number of rotatable bonds is 7. The number of carbonyl (C=O) groups is 1. The molecule has 0 aliphatic rings. The van der Waals surface area contributed by atoms with Gasteiger partial charge in [0.1, 0.15) is 6.33 Å². The molecule has 0 aliphatic carbocycles. The molecule has 1 unspecified atom stereocenters. The number of amides is 1. The normalized spacial score (nSPS) is 12.1. The van der Waals surface area contributed by atoms with Gasteiger partial charge in [-0.3, -0.25) is 9.36 Å². The number of hydrogen-bond acceptors (Lipinski definition) is 4. The molecule has 0 radical (unpaired) electrons. The van der Waals surface area contributed by atoms with E-state index in [9.17, 15) is 4.79 Å². The molecule has 0 saturated heterocycles. The first-order valence-electron chi connectivity index (χ1n) is 8.59. The number of nitrogens with one attached hydrogen (secondary N) is 1. The van der Waals surface area contributed by atoms with Crippen molar-refractivity contribution < 1.29 is 4.79 Å². The molecule has 5 nitrogen and oxygen atoms in total. The number of aromatic nitrogens is 3. The summed E-state index contributed by atoms with van der Waals surface area (Å²) in [6.07, 6.45) is 1.68. The van der Waals surface area contributed by atoms with Crippen LogP contribution in [-0.2, 0) is 11.3 Å². The van der Waals surface area contributed by atoms with Crippen LogP contribution in [0.25, 0.3) is 5.69 Å². The van der Waals surface area contributed by atoms with Gasteiger partial charge in [0.15, 0.2) is 5.16 Å². The maximum Gasteiger partial charge on any atom is 0.234 e. The molecule has 1 N–H and O–H groups in total. The summed E-state index contributed by atoms with van der Waals surface area (Å²) in [5.41, 5.74) is 2.06. The first kappa shape index (κ1) is 18.2. The van der Waals surface area contributed by atoms with Crippen molar-refractivity contribution in [1.82, 2.24) is 20.1 Å². The zero-order chi connectivity index (χ0) is 18.4. The largest absolute Gasteiger partial charge is 0.351 e. The average Bonchev–Trinajstić information content (AvgIpc) is 3.14. The van der Waals surface area contributed by atoms with Crippen molar-refractivity contribution in [2.75, 3.05) is 0 Å². The first-order valence-corrected chi connectivity index (χ1v) is 9.47. The molecule has 0 fully saturated rings. The van der Waals surface area contributed by atoms with Gasteiger partial charge in [0, 0.05) is 12.2 Å². The van der Waals surface area contributed by atoms with Gasteiger partial charge in [-0.1, -0.05) is 74.1 Å². The molecule has 134 valence electrons. The van der Waals surface area contributed by atoms with Crippen LogP contribution in [0, 0.1) is 5.92 Å². The smallest absolute Gasteiger partial charge is 0.234 e. The van der Waals surface area contributed by atoms with Gasteiger partial charge in [-0.2, -0.15) is 0 Å². The highest BCUT2D eigenvalue weighted by atomic mass is 32.2. The predicted octanol–water partition coefficient (Wildman–Crippen LogP) is 3.70. The van der Waals surface area contributed by atoms with Crippen molar-refractivity contribution in [1.29, 1.82) is 0 Å². The second kappa shape index (κ2) is 8.67. The van der Waals surface area contributed by atoms with Crippen LogP contribution >= 0.6 is 11.8 Å². The van der Waals surface area contributed by atoms with Gasteiger partial charge in [-0.25, -0.2) is 0 Å². The van der Waals surface area contributed by atoms with Gasteiger partial charge >= 0.3 is 0 Å².